The van der Waals surface area contributed by atoms with Gasteiger partial charge in [-0.3, -0.25) is 9.78 Å². The Morgan fingerprint density at radius 1 is 1.22 bits per heavy atom. The van der Waals surface area contributed by atoms with Crippen molar-refractivity contribution in [3.8, 4) is 17.5 Å². The van der Waals surface area contributed by atoms with Crippen LogP contribution in [0.25, 0.3) is 11.4 Å². The Kier molecular flexibility index (Phi) is 5.84. The van der Waals surface area contributed by atoms with Crippen LogP contribution in [0.1, 0.15) is 19.4 Å². The molecular weight excluding hydrogens is 360 g/mol. The third-order valence-corrected chi connectivity index (χ3v) is 4.99. The molecule has 1 amide bonds. The molecule has 3 rings (SSSR count). The molecule has 2 aromatic heterocycles. The molecular formula is C19H18N6OS. The quantitative estimate of drug-likeness (QED) is 0.661. The maximum Gasteiger partial charge on any atom is 0.237 e. The van der Waals surface area contributed by atoms with Gasteiger partial charge in [-0.25, -0.2) is 0 Å². The highest BCUT2D eigenvalue weighted by molar-refractivity contribution is 8.00. The van der Waals surface area contributed by atoms with E-state index in [1.165, 1.54) is 11.8 Å². The molecule has 0 bridgehead atoms. The van der Waals surface area contributed by atoms with E-state index >= 15 is 0 Å². The zero-order valence-electron chi connectivity index (χ0n) is 15.0. The molecule has 1 aromatic carbocycles. The fourth-order valence-electron chi connectivity index (χ4n) is 2.46. The Labute approximate surface area is 161 Å². The van der Waals surface area contributed by atoms with Gasteiger partial charge in [0.25, 0.3) is 0 Å². The molecule has 0 fully saturated rings. The van der Waals surface area contributed by atoms with E-state index in [2.05, 4.69) is 26.6 Å². The van der Waals surface area contributed by atoms with Crippen LogP contribution >= 0.6 is 11.8 Å². The van der Waals surface area contributed by atoms with Gasteiger partial charge >= 0.3 is 0 Å². The van der Waals surface area contributed by atoms with Crippen molar-refractivity contribution in [1.29, 1.82) is 5.26 Å². The lowest BCUT2D eigenvalue weighted by Gasteiger charge is -2.13. The van der Waals surface area contributed by atoms with E-state index in [9.17, 15) is 4.79 Å². The fraction of sp³-hybridized carbons (Fsp3) is 0.211. The van der Waals surface area contributed by atoms with E-state index < -0.39 is 0 Å². The Morgan fingerprint density at radius 2 is 1.93 bits per heavy atom. The number of benzene rings is 1. The van der Waals surface area contributed by atoms with Gasteiger partial charge in [-0.2, -0.15) is 5.26 Å². The summed E-state index contributed by atoms with van der Waals surface area (Å²) >= 11 is 1.35. The third kappa shape index (κ3) is 4.33. The van der Waals surface area contributed by atoms with E-state index in [0.717, 1.165) is 11.4 Å². The number of amides is 1. The van der Waals surface area contributed by atoms with E-state index in [4.69, 9.17) is 5.26 Å². The van der Waals surface area contributed by atoms with Crippen LogP contribution in [0.15, 0.2) is 53.9 Å². The molecule has 3 aromatic rings. The molecule has 2 heterocycles. The average Bonchev–Trinajstić information content (AvgIpc) is 3.11. The Balaban J connectivity index is 1.71. The van der Waals surface area contributed by atoms with E-state index in [-0.39, 0.29) is 11.2 Å². The number of pyridine rings is 1. The highest BCUT2D eigenvalue weighted by atomic mass is 32.2. The topological polar surface area (TPSA) is 96.5 Å². The van der Waals surface area contributed by atoms with Gasteiger partial charge in [-0.15, -0.1) is 10.2 Å². The van der Waals surface area contributed by atoms with Gasteiger partial charge in [0, 0.05) is 30.2 Å². The van der Waals surface area contributed by atoms with E-state index in [1.54, 1.807) is 36.7 Å². The van der Waals surface area contributed by atoms with Crippen molar-refractivity contribution in [2.75, 3.05) is 5.32 Å². The van der Waals surface area contributed by atoms with Crippen molar-refractivity contribution in [1.82, 2.24) is 19.7 Å². The van der Waals surface area contributed by atoms with Crippen LogP contribution < -0.4 is 5.32 Å². The summed E-state index contributed by atoms with van der Waals surface area (Å²) < 4.78 is 1.98. The molecule has 27 heavy (non-hydrogen) atoms. The van der Waals surface area contributed by atoms with Gasteiger partial charge < -0.3 is 9.88 Å². The molecule has 8 heteroatoms. The number of thioether (sulfide) groups is 1. The number of nitriles is 1. The minimum atomic E-state index is -0.361. The second kappa shape index (κ2) is 8.47. The van der Waals surface area contributed by atoms with Gasteiger partial charge in [0.15, 0.2) is 11.0 Å². The van der Waals surface area contributed by atoms with Crippen molar-refractivity contribution in [2.24, 2.45) is 0 Å². The molecule has 0 saturated heterocycles. The second-order valence-corrected chi connectivity index (χ2v) is 7.03. The van der Waals surface area contributed by atoms with Gasteiger partial charge in [0.05, 0.1) is 16.9 Å². The van der Waals surface area contributed by atoms with Crippen LogP contribution in [0.3, 0.4) is 0 Å². The van der Waals surface area contributed by atoms with Crippen molar-refractivity contribution in [3.63, 3.8) is 0 Å². The monoisotopic (exact) mass is 378 g/mol. The molecule has 0 spiro atoms. The van der Waals surface area contributed by atoms with Gasteiger partial charge in [-0.1, -0.05) is 11.8 Å². The van der Waals surface area contributed by atoms with Crippen LogP contribution in [0.4, 0.5) is 5.69 Å². The van der Waals surface area contributed by atoms with Crippen molar-refractivity contribution in [2.45, 2.75) is 30.8 Å². The molecule has 0 aliphatic carbocycles. The first-order chi connectivity index (χ1) is 13.1. The lowest BCUT2D eigenvalue weighted by Crippen LogP contribution is -2.22. The molecule has 7 nitrogen and oxygen atoms in total. The lowest BCUT2D eigenvalue weighted by atomic mass is 10.2. The first-order valence-electron chi connectivity index (χ1n) is 8.43. The summed E-state index contributed by atoms with van der Waals surface area (Å²) in [6.07, 6.45) is 3.43. The lowest BCUT2D eigenvalue weighted by molar-refractivity contribution is -0.115. The van der Waals surface area contributed by atoms with Gasteiger partial charge in [-0.05, 0) is 50.2 Å². The zero-order valence-corrected chi connectivity index (χ0v) is 15.8. The Bertz CT molecular complexity index is 962. The van der Waals surface area contributed by atoms with Crippen molar-refractivity contribution >= 4 is 23.4 Å². The number of carbonyl (C=O) groups excluding carboxylic acids is 1. The van der Waals surface area contributed by atoms with Crippen molar-refractivity contribution < 1.29 is 4.79 Å². The summed E-state index contributed by atoms with van der Waals surface area (Å²) in [5, 5.41) is 20.5. The zero-order chi connectivity index (χ0) is 19.2. The standard InChI is InChI=1S/C19H18N6OS/c1-3-25-17(15-8-10-21-11-9-15)23-24-19(25)27-13(2)18(26)22-16-6-4-14(12-20)5-7-16/h4-11,13H,3H2,1-2H3,(H,22,26)/t13-/m0/s1. The summed E-state index contributed by atoms with van der Waals surface area (Å²) in [5.74, 6) is 0.614. The number of carbonyl (C=O) groups is 1. The number of hydrogen-bond acceptors (Lipinski definition) is 6. The summed E-state index contributed by atoms with van der Waals surface area (Å²) in [7, 11) is 0. The average molecular weight is 378 g/mol. The van der Waals surface area contributed by atoms with Crippen LogP contribution in [-0.4, -0.2) is 30.9 Å². The predicted molar refractivity (Wildman–Crippen MR) is 104 cm³/mol. The van der Waals surface area contributed by atoms with Crippen LogP contribution in [0.5, 0.6) is 0 Å². The molecule has 0 unspecified atom stereocenters. The third-order valence-electron chi connectivity index (χ3n) is 3.90. The highest BCUT2D eigenvalue weighted by Gasteiger charge is 2.20. The minimum absolute atomic E-state index is 0.138. The fourth-order valence-corrected chi connectivity index (χ4v) is 3.37. The van der Waals surface area contributed by atoms with Gasteiger partial charge in [0.2, 0.25) is 5.91 Å². The predicted octanol–water partition coefficient (Wildman–Crippen LogP) is 3.35. The van der Waals surface area contributed by atoms with E-state index in [0.29, 0.717) is 23.0 Å². The first-order valence-corrected chi connectivity index (χ1v) is 9.31. The largest absolute Gasteiger partial charge is 0.325 e. The first kappa shape index (κ1) is 18.6. The number of nitrogens with zero attached hydrogens (tertiary/aromatic N) is 5. The normalized spacial score (nSPS) is 11.6. The van der Waals surface area contributed by atoms with Crippen LogP contribution in [-0.2, 0) is 11.3 Å². The minimum Gasteiger partial charge on any atom is -0.325 e. The molecule has 0 saturated carbocycles. The van der Waals surface area contributed by atoms with Gasteiger partial charge in [0.1, 0.15) is 0 Å². The summed E-state index contributed by atoms with van der Waals surface area (Å²) in [4.78, 5) is 16.5. The Morgan fingerprint density at radius 3 is 2.56 bits per heavy atom. The number of nitrogens with one attached hydrogen (secondary N) is 1. The molecule has 0 aliphatic heterocycles. The van der Waals surface area contributed by atoms with Crippen LogP contribution in [0, 0.1) is 11.3 Å². The molecule has 1 N–H and O–H groups in total. The second-order valence-electron chi connectivity index (χ2n) is 5.72. The van der Waals surface area contributed by atoms with E-state index in [1.807, 2.05) is 30.5 Å². The number of aromatic nitrogens is 4. The summed E-state index contributed by atoms with van der Waals surface area (Å²) in [5.41, 5.74) is 2.14. The molecule has 0 radical (unpaired) electrons. The SMILES string of the molecule is CCn1c(S[C@@H](C)C(=O)Nc2ccc(C#N)cc2)nnc1-c1ccncc1. The molecule has 136 valence electrons. The number of hydrogen-bond donors (Lipinski definition) is 1. The summed E-state index contributed by atoms with van der Waals surface area (Å²) in [6.45, 7) is 4.53. The van der Waals surface area contributed by atoms with Crippen LogP contribution in [0.2, 0.25) is 0 Å². The smallest absolute Gasteiger partial charge is 0.237 e. The maximum atomic E-state index is 12.5. The Hall–Kier alpha value is -3.18. The number of anilines is 1. The summed E-state index contributed by atoms with van der Waals surface area (Å²) in [6, 6.07) is 12.6. The highest BCUT2D eigenvalue weighted by Crippen LogP contribution is 2.27. The number of rotatable bonds is 6. The molecule has 0 aliphatic rings. The molecule has 1 atom stereocenters. The van der Waals surface area contributed by atoms with Crippen molar-refractivity contribution in [3.05, 3.63) is 54.4 Å². The maximum absolute atomic E-state index is 12.5.